The van der Waals surface area contributed by atoms with Gasteiger partial charge in [-0.2, -0.15) is 0 Å². The second-order valence-electron chi connectivity index (χ2n) is 14.4. The summed E-state index contributed by atoms with van der Waals surface area (Å²) >= 11 is 0. The Kier molecular flexibility index (Phi) is 8.07. The highest BCUT2D eigenvalue weighted by atomic mass is 16.3. The molecule has 0 atom stereocenters. The van der Waals surface area contributed by atoms with Gasteiger partial charge < -0.3 is 18.6 Å². The van der Waals surface area contributed by atoms with E-state index in [-0.39, 0.29) is 0 Å². The van der Waals surface area contributed by atoms with E-state index in [1.165, 1.54) is 10.9 Å². The van der Waals surface area contributed by atoms with Gasteiger partial charge in [0.15, 0.2) is 5.58 Å². The quantitative estimate of drug-likeness (QED) is 0.155. The maximum Gasteiger partial charge on any atom is 0.227 e. The predicted octanol–water partition coefficient (Wildman–Crippen LogP) is 15.2. The first-order chi connectivity index (χ1) is 28.7. The van der Waals surface area contributed by atoms with Gasteiger partial charge in [0.05, 0.1) is 11.4 Å². The van der Waals surface area contributed by atoms with Gasteiger partial charge in [0, 0.05) is 39.1 Å². The maximum atomic E-state index is 6.91. The Labute approximate surface area is 335 Å². The fourth-order valence-corrected chi connectivity index (χ4v) is 8.06. The molecule has 274 valence electrons. The molecule has 2 aromatic heterocycles. The van der Waals surface area contributed by atoms with Crippen molar-refractivity contribution in [2.75, 3.05) is 9.80 Å². The molecule has 0 amide bonds. The lowest BCUT2D eigenvalue weighted by molar-refractivity contribution is 0.620. The molecule has 0 saturated carbocycles. The molecule has 0 aliphatic rings. The summed E-state index contributed by atoms with van der Waals surface area (Å²) in [6.45, 7) is 0. The molecule has 0 N–H and O–H groups in total. The van der Waals surface area contributed by atoms with Crippen LogP contribution in [0, 0.1) is 0 Å². The topological polar surface area (TPSA) is 45.7 Å². The van der Waals surface area contributed by atoms with E-state index in [4.69, 9.17) is 13.8 Å². The molecule has 0 spiro atoms. The number of anilines is 6. The number of hydrogen-bond donors (Lipinski definition) is 0. The van der Waals surface area contributed by atoms with E-state index in [1.54, 1.807) is 0 Å². The molecule has 58 heavy (non-hydrogen) atoms. The second kappa shape index (κ2) is 14.0. The fourth-order valence-electron chi connectivity index (χ4n) is 8.06. The van der Waals surface area contributed by atoms with E-state index in [9.17, 15) is 0 Å². The van der Waals surface area contributed by atoms with E-state index in [2.05, 4.69) is 192 Å². The third kappa shape index (κ3) is 5.94. The summed E-state index contributed by atoms with van der Waals surface area (Å²) in [4.78, 5) is 9.81. The van der Waals surface area contributed by atoms with Crippen LogP contribution >= 0.6 is 0 Å². The summed E-state index contributed by atoms with van der Waals surface area (Å²) in [5.41, 5.74) is 12.2. The van der Waals surface area contributed by atoms with Crippen molar-refractivity contribution in [3.05, 3.63) is 212 Å². The second-order valence-corrected chi connectivity index (χ2v) is 14.4. The minimum absolute atomic E-state index is 0.559. The summed E-state index contributed by atoms with van der Waals surface area (Å²) in [5, 5.41) is 4.43. The number of fused-ring (bicyclic) bond motifs is 5. The van der Waals surface area contributed by atoms with Gasteiger partial charge in [-0.3, -0.25) is 0 Å². The SMILES string of the molecule is c1ccc(-c2ccc(N(c3ccccc3)c3cc(N(c4ccccc4)c4ccc5oc6ccccc6c5c4)cc4nc(-c5ccc6ccccc6c5)oc34)cc2)cc1. The Bertz CT molecular complexity index is 3230. The highest BCUT2D eigenvalue weighted by Crippen LogP contribution is 2.46. The molecule has 11 rings (SSSR count). The molecular weight excluding hydrogens is 711 g/mol. The fraction of sp³-hybridized carbons (Fsp3) is 0. The monoisotopic (exact) mass is 745 g/mol. The molecule has 11 aromatic rings. The zero-order chi connectivity index (χ0) is 38.4. The molecule has 0 unspecified atom stereocenters. The Balaban J connectivity index is 1.16. The average molecular weight is 746 g/mol. The normalized spacial score (nSPS) is 11.4. The van der Waals surface area contributed by atoms with Gasteiger partial charge >= 0.3 is 0 Å². The third-order valence-electron chi connectivity index (χ3n) is 10.8. The lowest BCUT2D eigenvalue weighted by Crippen LogP contribution is -2.13. The van der Waals surface area contributed by atoms with E-state index >= 15 is 0 Å². The van der Waals surface area contributed by atoms with Gasteiger partial charge in [-0.1, -0.05) is 127 Å². The highest BCUT2D eigenvalue weighted by molar-refractivity contribution is 6.07. The van der Waals surface area contributed by atoms with E-state index < -0.39 is 0 Å². The van der Waals surface area contributed by atoms with Crippen LogP contribution in [0.1, 0.15) is 0 Å². The Morgan fingerprint density at radius 2 is 0.931 bits per heavy atom. The molecule has 0 aliphatic carbocycles. The molecule has 5 nitrogen and oxygen atoms in total. The van der Waals surface area contributed by atoms with E-state index in [0.29, 0.717) is 11.5 Å². The predicted molar refractivity (Wildman–Crippen MR) is 239 cm³/mol. The standard InChI is InChI=1S/C53H35N3O2/c1-4-14-36(15-5-1)38-26-28-43(29-27-38)56(42-20-8-3-9-21-42)49-35-45(34-48-52(49)58-53(54-48)40-25-24-37-16-10-11-17-39(37)32-40)55(41-18-6-2-7-19-41)44-30-31-51-47(33-44)46-22-12-13-23-50(46)57-51/h1-35H. The van der Waals surface area contributed by atoms with Crippen LogP contribution in [0.15, 0.2) is 221 Å². The van der Waals surface area contributed by atoms with Crippen LogP contribution in [-0.4, -0.2) is 4.98 Å². The van der Waals surface area contributed by atoms with Gasteiger partial charge in [-0.05, 0) is 107 Å². The molecule has 5 heteroatoms. The van der Waals surface area contributed by atoms with Crippen LogP contribution < -0.4 is 9.80 Å². The minimum atomic E-state index is 0.559. The number of hydrogen-bond acceptors (Lipinski definition) is 5. The molecule has 0 radical (unpaired) electrons. The number of nitrogens with zero attached hydrogens (tertiary/aromatic N) is 3. The van der Waals surface area contributed by atoms with E-state index in [1.807, 2.05) is 30.3 Å². The number of para-hydroxylation sites is 3. The van der Waals surface area contributed by atoms with Crippen LogP contribution in [-0.2, 0) is 0 Å². The summed E-state index contributed by atoms with van der Waals surface area (Å²) < 4.78 is 13.2. The van der Waals surface area contributed by atoms with Crippen LogP contribution in [0.4, 0.5) is 34.1 Å². The van der Waals surface area contributed by atoms with Crippen molar-refractivity contribution in [1.29, 1.82) is 0 Å². The summed E-state index contributed by atoms with van der Waals surface area (Å²) in [5.74, 6) is 0.559. The van der Waals surface area contributed by atoms with Crippen LogP contribution in [0.2, 0.25) is 0 Å². The van der Waals surface area contributed by atoms with Crippen molar-refractivity contribution in [2.45, 2.75) is 0 Å². The number of oxazole rings is 1. The molecule has 0 saturated heterocycles. The molecule has 9 aromatic carbocycles. The lowest BCUT2D eigenvalue weighted by atomic mass is 10.0. The minimum Gasteiger partial charge on any atom is -0.456 e. The molecule has 0 bridgehead atoms. The average Bonchev–Trinajstić information content (AvgIpc) is 3.90. The first-order valence-corrected chi connectivity index (χ1v) is 19.4. The summed E-state index contributed by atoms with van der Waals surface area (Å²) in [6, 6.07) is 73.9. The lowest BCUT2D eigenvalue weighted by Gasteiger charge is -2.29. The number of aromatic nitrogens is 1. The van der Waals surface area contributed by atoms with Crippen molar-refractivity contribution in [2.24, 2.45) is 0 Å². The first-order valence-electron chi connectivity index (χ1n) is 19.4. The number of benzene rings is 9. The molecular formula is C53H35N3O2. The van der Waals surface area contributed by atoms with Crippen molar-refractivity contribution in [3.63, 3.8) is 0 Å². The Hall–Kier alpha value is -7.89. The van der Waals surface area contributed by atoms with Gasteiger partial charge in [0.1, 0.15) is 16.7 Å². The van der Waals surface area contributed by atoms with Crippen LogP contribution in [0.25, 0.3) is 66.4 Å². The van der Waals surface area contributed by atoms with Crippen molar-refractivity contribution in [1.82, 2.24) is 4.98 Å². The smallest absolute Gasteiger partial charge is 0.227 e. The summed E-state index contributed by atoms with van der Waals surface area (Å²) in [7, 11) is 0. The maximum absolute atomic E-state index is 6.91. The zero-order valence-electron chi connectivity index (χ0n) is 31.4. The summed E-state index contributed by atoms with van der Waals surface area (Å²) in [6.07, 6.45) is 0. The third-order valence-corrected chi connectivity index (χ3v) is 10.8. The molecule has 0 aliphatic heterocycles. The van der Waals surface area contributed by atoms with Gasteiger partial charge in [0.25, 0.3) is 0 Å². The largest absolute Gasteiger partial charge is 0.456 e. The van der Waals surface area contributed by atoms with Crippen molar-refractivity contribution in [3.8, 4) is 22.6 Å². The highest BCUT2D eigenvalue weighted by Gasteiger charge is 2.24. The van der Waals surface area contributed by atoms with E-state index in [0.717, 1.165) is 78.1 Å². The zero-order valence-corrected chi connectivity index (χ0v) is 31.4. The Morgan fingerprint density at radius 1 is 0.345 bits per heavy atom. The Morgan fingerprint density at radius 3 is 1.71 bits per heavy atom. The van der Waals surface area contributed by atoms with Gasteiger partial charge in [-0.25, -0.2) is 4.98 Å². The van der Waals surface area contributed by atoms with Crippen LogP contribution in [0.3, 0.4) is 0 Å². The van der Waals surface area contributed by atoms with Gasteiger partial charge in [0.2, 0.25) is 5.89 Å². The van der Waals surface area contributed by atoms with Gasteiger partial charge in [-0.15, -0.1) is 0 Å². The van der Waals surface area contributed by atoms with Crippen molar-refractivity contribution < 1.29 is 8.83 Å². The van der Waals surface area contributed by atoms with Crippen LogP contribution in [0.5, 0.6) is 0 Å². The molecule has 2 heterocycles. The number of furan rings is 1. The van der Waals surface area contributed by atoms with Crippen molar-refractivity contribution >= 4 is 77.9 Å². The number of rotatable bonds is 8. The first kappa shape index (κ1) is 33.4. The molecule has 0 fully saturated rings.